The number of aldehydes is 1. The topological polar surface area (TPSA) is 35.5 Å². The highest BCUT2D eigenvalue weighted by atomic mass is 16.7. The Balaban J connectivity index is 1.97. The smallest absolute Gasteiger partial charge is 0.159 e. The van der Waals surface area contributed by atoms with Crippen LogP contribution >= 0.6 is 0 Å². The Labute approximate surface area is 95.4 Å². The molecule has 1 fully saturated rings. The van der Waals surface area contributed by atoms with E-state index in [-0.39, 0.29) is 6.29 Å². The Morgan fingerprint density at radius 2 is 2.12 bits per heavy atom. The van der Waals surface area contributed by atoms with Crippen LogP contribution in [0, 0.1) is 0 Å². The quantitative estimate of drug-likeness (QED) is 0.731. The number of rotatable bonds is 4. The average molecular weight is 220 g/mol. The maximum absolute atomic E-state index is 11.0. The van der Waals surface area contributed by atoms with Crippen molar-refractivity contribution in [2.75, 3.05) is 6.61 Å². The largest absolute Gasteiger partial charge is 0.353 e. The predicted octanol–water partition coefficient (Wildman–Crippen LogP) is 2.47. The molecule has 0 radical (unpaired) electrons. The summed E-state index contributed by atoms with van der Waals surface area (Å²) < 4.78 is 11.1. The third-order valence-electron chi connectivity index (χ3n) is 2.69. The number of ether oxygens (including phenoxy) is 2. The molecule has 1 saturated heterocycles. The zero-order valence-corrected chi connectivity index (χ0v) is 9.17. The van der Waals surface area contributed by atoms with Gasteiger partial charge >= 0.3 is 0 Å². The minimum atomic E-state index is -0.510. The highest BCUT2D eigenvalue weighted by Gasteiger charge is 2.20. The van der Waals surface area contributed by atoms with Crippen LogP contribution in [-0.4, -0.2) is 19.2 Å². The summed E-state index contributed by atoms with van der Waals surface area (Å²) in [5.74, 6) is 0. The Bertz CT molecular complexity index is 317. The van der Waals surface area contributed by atoms with Crippen molar-refractivity contribution in [1.29, 1.82) is 0 Å². The van der Waals surface area contributed by atoms with Gasteiger partial charge in [0.25, 0.3) is 0 Å². The van der Waals surface area contributed by atoms with Gasteiger partial charge in [0.2, 0.25) is 0 Å². The van der Waals surface area contributed by atoms with E-state index in [2.05, 4.69) is 0 Å². The van der Waals surface area contributed by atoms with Gasteiger partial charge in [-0.25, -0.2) is 0 Å². The first-order valence-corrected chi connectivity index (χ1v) is 5.67. The van der Waals surface area contributed by atoms with Gasteiger partial charge in [0, 0.05) is 6.61 Å². The lowest BCUT2D eigenvalue weighted by Gasteiger charge is -2.25. The average Bonchev–Trinajstić information content (AvgIpc) is 2.38. The first-order valence-electron chi connectivity index (χ1n) is 5.67. The second kappa shape index (κ2) is 5.77. The van der Waals surface area contributed by atoms with Crippen LogP contribution < -0.4 is 0 Å². The van der Waals surface area contributed by atoms with Gasteiger partial charge in [-0.05, 0) is 24.8 Å². The molecule has 1 aliphatic heterocycles. The molecule has 0 N–H and O–H groups in total. The molecule has 16 heavy (non-hydrogen) atoms. The summed E-state index contributed by atoms with van der Waals surface area (Å²) in [6, 6.07) is 9.50. The van der Waals surface area contributed by atoms with Crippen LogP contribution in [0.3, 0.4) is 0 Å². The standard InChI is InChI=1S/C13H16O3/c14-10-12(11-6-2-1-3-7-11)16-13-8-4-5-9-15-13/h1-3,6-7,10,12-13H,4-5,8-9H2/t12-,13?/m0/s1. The molecule has 1 aromatic carbocycles. The van der Waals surface area contributed by atoms with Gasteiger partial charge in [-0.2, -0.15) is 0 Å². The van der Waals surface area contributed by atoms with Crippen LogP contribution in [0.15, 0.2) is 30.3 Å². The third kappa shape index (κ3) is 2.90. The van der Waals surface area contributed by atoms with Crippen molar-refractivity contribution >= 4 is 6.29 Å². The van der Waals surface area contributed by atoms with Crippen LogP contribution in [0.1, 0.15) is 30.9 Å². The number of benzene rings is 1. The number of carbonyl (C=O) groups is 1. The molecular weight excluding hydrogens is 204 g/mol. The molecule has 2 atom stereocenters. The summed E-state index contributed by atoms with van der Waals surface area (Å²) in [7, 11) is 0. The molecule has 0 spiro atoms. The summed E-state index contributed by atoms with van der Waals surface area (Å²) >= 11 is 0. The van der Waals surface area contributed by atoms with Gasteiger partial charge in [-0.15, -0.1) is 0 Å². The van der Waals surface area contributed by atoms with Crippen molar-refractivity contribution in [3.63, 3.8) is 0 Å². The highest BCUT2D eigenvalue weighted by Crippen LogP contribution is 2.22. The maximum Gasteiger partial charge on any atom is 0.159 e. The molecule has 86 valence electrons. The van der Waals surface area contributed by atoms with E-state index in [0.29, 0.717) is 0 Å². The van der Waals surface area contributed by atoms with Gasteiger partial charge in [0.1, 0.15) is 6.10 Å². The molecule has 3 heteroatoms. The lowest BCUT2D eigenvalue weighted by Crippen LogP contribution is -2.25. The van der Waals surface area contributed by atoms with Crippen molar-refractivity contribution in [1.82, 2.24) is 0 Å². The first-order chi connectivity index (χ1) is 7.90. The summed E-state index contributed by atoms with van der Waals surface area (Å²) in [5, 5.41) is 0. The minimum absolute atomic E-state index is 0.232. The number of hydrogen-bond acceptors (Lipinski definition) is 3. The molecule has 3 nitrogen and oxygen atoms in total. The van der Waals surface area contributed by atoms with Gasteiger partial charge < -0.3 is 14.3 Å². The van der Waals surface area contributed by atoms with E-state index < -0.39 is 6.10 Å². The summed E-state index contributed by atoms with van der Waals surface area (Å²) in [6.07, 6.45) is 3.14. The van der Waals surface area contributed by atoms with E-state index in [9.17, 15) is 4.79 Å². The zero-order valence-electron chi connectivity index (χ0n) is 9.17. The molecule has 0 amide bonds. The Morgan fingerprint density at radius 3 is 2.75 bits per heavy atom. The molecule has 0 aliphatic carbocycles. The van der Waals surface area contributed by atoms with Crippen LogP contribution in [0.4, 0.5) is 0 Å². The minimum Gasteiger partial charge on any atom is -0.353 e. The Morgan fingerprint density at radius 1 is 1.31 bits per heavy atom. The van der Waals surface area contributed by atoms with Crippen molar-refractivity contribution in [3.8, 4) is 0 Å². The fourth-order valence-corrected chi connectivity index (χ4v) is 1.81. The van der Waals surface area contributed by atoms with Gasteiger partial charge in [0.05, 0.1) is 0 Å². The molecule has 1 unspecified atom stereocenters. The van der Waals surface area contributed by atoms with E-state index in [4.69, 9.17) is 9.47 Å². The van der Waals surface area contributed by atoms with E-state index in [1.165, 1.54) is 0 Å². The van der Waals surface area contributed by atoms with Crippen molar-refractivity contribution in [2.24, 2.45) is 0 Å². The van der Waals surface area contributed by atoms with Crippen LogP contribution in [0.5, 0.6) is 0 Å². The maximum atomic E-state index is 11.0. The Kier molecular flexibility index (Phi) is 4.08. The lowest BCUT2D eigenvalue weighted by molar-refractivity contribution is -0.188. The second-order valence-electron chi connectivity index (χ2n) is 3.90. The van der Waals surface area contributed by atoms with Crippen LogP contribution in [0.2, 0.25) is 0 Å². The van der Waals surface area contributed by atoms with E-state index in [1.54, 1.807) is 0 Å². The normalized spacial score (nSPS) is 22.6. The van der Waals surface area contributed by atoms with Crippen molar-refractivity contribution in [3.05, 3.63) is 35.9 Å². The van der Waals surface area contributed by atoms with Crippen molar-refractivity contribution in [2.45, 2.75) is 31.7 Å². The molecule has 2 rings (SSSR count). The summed E-state index contributed by atoms with van der Waals surface area (Å²) in [5.41, 5.74) is 0.881. The van der Waals surface area contributed by atoms with Crippen LogP contribution in [0.25, 0.3) is 0 Å². The first kappa shape index (κ1) is 11.3. The Hall–Kier alpha value is -1.19. The van der Waals surface area contributed by atoms with Crippen molar-refractivity contribution < 1.29 is 14.3 Å². The fraction of sp³-hybridized carbons (Fsp3) is 0.462. The zero-order chi connectivity index (χ0) is 11.2. The van der Waals surface area contributed by atoms with Gasteiger partial charge in [-0.3, -0.25) is 0 Å². The molecule has 0 saturated carbocycles. The molecule has 0 aromatic heterocycles. The number of carbonyl (C=O) groups excluding carboxylic acids is 1. The second-order valence-corrected chi connectivity index (χ2v) is 3.90. The highest BCUT2D eigenvalue weighted by molar-refractivity contribution is 5.59. The predicted molar refractivity (Wildman–Crippen MR) is 59.9 cm³/mol. The van der Waals surface area contributed by atoms with Crippen LogP contribution in [-0.2, 0) is 14.3 Å². The molecular formula is C13H16O3. The van der Waals surface area contributed by atoms with E-state index >= 15 is 0 Å². The molecule has 1 heterocycles. The number of hydrogen-bond donors (Lipinski definition) is 0. The fourth-order valence-electron chi connectivity index (χ4n) is 1.81. The molecule has 1 aliphatic rings. The molecule has 1 aromatic rings. The van der Waals surface area contributed by atoms with Gasteiger partial charge in [-0.1, -0.05) is 30.3 Å². The summed E-state index contributed by atoms with van der Waals surface area (Å²) in [6.45, 7) is 0.727. The van der Waals surface area contributed by atoms with E-state index in [1.807, 2.05) is 30.3 Å². The van der Waals surface area contributed by atoms with Gasteiger partial charge in [0.15, 0.2) is 12.6 Å². The lowest BCUT2D eigenvalue weighted by atomic mass is 10.1. The van der Waals surface area contributed by atoms with E-state index in [0.717, 1.165) is 37.7 Å². The molecule has 0 bridgehead atoms. The monoisotopic (exact) mass is 220 g/mol. The SMILES string of the molecule is O=C[C@H](OC1CCCCO1)c1ccccc1. The summed E-state index contributed by atoms with van der Waals surface area (Å²) in [4.78, 5) is 11.0. The third-order valence-corrected chi connectivity index (χ3v) is 2.69.